The summed E-state index contributed by atoms with van der Waals surface area (Å²) in [6.07, 6.45) is 2.50. The number of benzene rings is 1. The van der Waals surface area contributed by atoms with E-state index in [1.165, 1.54) is 11.3 Å². The Balaban J connectivity index is 1.31. The highest BCUT2D eigenvalue weighted by atomic mass is 16.5. The van der Waals surface area contributed by atoms with Crippen LogP contribution in [-0.4, -0.2) is 73.4 Å². The van der Waals surface area contributed by atoms with Crippen molar-refractivity contribution in [1.29, 1.82) is 0 Å². The summed E-state index contributed by atoms with van der Waals surface area (Å²) in [6, 6.07) is 12.4. The number of hydrogen-bond donors (Lipinski definition) is 1. The van der Waals surface area contributed by atoms with Gasteiger partial charge in [-0.15, -0.1) is 0 Å². The molecule has 8 nitrogen and oxygen atoms in total. The first-order valence-corrected chi connectivity index (χ1v) is 12.2. The second kappa shape index (κ2) is 9.37. The van der Waals surface area contributed by atoms with E-state index in [1.54, 1.807) is 0 Å². The number of ether oxygens (including phenoxy) is 2. The van der Waals surface area contributed by atoms with Crippen LogP contribution in [0, 0.1) is 0 Å². The van der Waals surface area contributed by atoms with Crippen molar-refractivity contribution in [1.82, 2.24) is 14.9 Å². The summed E-state index contributed by atoms with van der Waals surface area (Å²) in [7, 11) is 0. The lowest BCUT2D eigenvalue weighted by Crippen LogP contribution is -2.36. The van der Waals surface area contributed by atoms with Gasteiger partial charge in [-0.3, -0.25) is 14.7 Å². The third-order valence-electron chi connectivity index (χ3n) is 7.09. The van der Waals surface area contributed by atoms with Crippen molar-refractivity contribution < 1.29 is 14.3 Å². The van der Waals surface area contributed by atoms with Gasteiger partial charge in [-0.25, -0.2) is 4.98 Å². The van der Waals surface area contributed by atoms with E-state index in [2.05, 4.69) is 33.0 Å². The summed E-state index contributed by atoms with van der Waals surface area (Å²) >= 11 is 0. The molecular formula is C27H29N5O3. The number of fused-ring (bicyclic) bond motifs is 3. The molecule has 3 aliphatic rings. The molecule has 1 amide bonds. The summed E-state index contributed by atoms with van der Waals surface area (Å²) in [5.41, 5.74) is 14.1. The number of carbonyl (C=O) groups excluding carboxylic acids is 1. The lowest BCUT2D eigenvalue weighted by Gasteiger charge is -2.29. The zero-order chi connectivity index (χ0) is 23.8. The van der Waals surface area contributed by atoms with Crippen LogP contribution in [0.1, 0.15) is 27.2 Å². The Hall–Kier alpha value is -3.33. The second-order valence-corrected chi connectivity index (χ2v) is 9.29. The van der Waals surface area contributed by atoms with Gasteiger partial charge < -0.3 is 20.1 Å². The van der Waals surface area contributed by atoms with E-state index in [0.29, 0.717) is 17.7 Å². The van der Waals surface area contributed by atoms with E-state index >= 15 is 0 Å². The molecule has 0 radical (unpaired) electrons. The maximum absolute atomic E-state index is 12.4. The summed E-state index contributed by atoms with van der Waals surface area (Å²) in [4.78, 5) is 26.8. The van der Waals surface area contributed by atoms with E-state index < -0.39 is 5.91 Å². The molecule has 1 aromatic carbocycles. The number of rotatable bonds is 5. The van der Waals surface area contributed by atoms with Crippen molar-refractivity contribution in [3.05, 3.63) is 65.0 Å². The SMILES string of the molecule is NC(=O)c1cc(-c2ccc(CN3CCOCC3)nc2)nc2c1Cc1cc(N3CCOCC3)ccc1-2. The van der Waals surface area contributed by atoms with Crippen LogP contribution in [-0.2, 0) is 22.4 Å². The van der Waals surface area contributed by atoms with Gasteiger partial charge in [-0.2, -0.15) is 0 Å². The second-order valence-electron chi connectivity index (χ2n) is 9.29. The topological polar surface area (TPSA) is 93.8 Å². The van der Waals surface area contributed by atoms with Crippen molar-refractivity contribution in [3.8, 4) is 22.5 Å². The molecule has 6 rings (SSSR count). The first kappa shape index (κ1) is 22.2. The quantitative estimate of drug-likeness (QED) is 0.478. The predicted octanol–water partition coefficient (Wildman–Crippen LogP) is 2.48. The average Bonchev–Trinajstić information content (AvgIpc) is 3.27. The minimum Gasteiger partial charge on any atom is -0.379 e. The Bertz CT molecular complexity index is 1250. The van der Waals surface area contributed by atoms with Gasteiger partial charge in [-0.05, 0) is 41.5 Å². The number of anilines is 1. The Morgan fingerprint density at radius 3 is 2.46 bits per heavy atom. The Labute approximate surface area is 204 Å². The van der Waals surface area contributed by atoms with Crippen molar-refractivity contribution in [2.75, 3.05) is 57.5 Å². The third kappa shape index (κ3) is 4.40. The van der Waals surface area contributed by atoms with Gasteiger partial charge in [0.2, 0.25) is 5.91 Å². The van der Waals surface area contributed by atoms with Gasteiger partial charge >= 0.3 is 0 Å². The number of hydrogen-bond acceptors (Lipinski definition) is 7. The maximum atomic E-state index is 12.4. The van der Waals surface area contributed by atoms with Crippen LogP contribution in [0.4, 0.5) is 5.69 Å². The van der Waals surface area contributed by atoms with Crippen LogP contribution in [0.25, 0.3) is 22.5 Å². The molecule has 2 saturated heterocycles. The Morgan fingerprint density at radius 2 is 1.74 bits per heavy atom. The molecule has 0 atom stereocenters. The molecule has 4 heterocycles. The fourth-order valence-electron chi connectivity index (χ4n) is 5.17. The van der Waals surface area contributed by atoms with Crippen molar-refractivity contribution in [3.63, 3.8) is 0 Å². The van der Waals surface area contributed by atoms with Gasteiger partial charge in [0, 0.05) is 67.7 Å². The molecule has 2 aliphatic heterocycles. The number of aromatic nitrogens is 2. The number of nitrogens with two attached hydrogens (primary N) is 1. The normalized spacial score (nSPS) is 17.8. The molecular weight excluding hydrogens is 442 g/mol. The average molecular weight is 472 g/mol. The van der Waals surface area contributed by atoms with E-state index in [4.69, 9.17) is 20.2 Å². The number of amides is 1. The third-order valence-corrected chi connectivity index (χ3v) is 7.09. The van der Waals surface area contributed by atoms with Crippen molar-refractivity contribution in [2.24, 2.45) is 5.73 Å². The lowest BCUT2D eigenvalue weighted by atomic mass is 10.0. The summed E-state index contributed by atoms with van der Waals surface area (Å²) in [5, 5.41) is 0. The van der Waals surface area contributed by atoms with Crippen LogP contribution >= 0.6 is 0 Å². The molecule has 2 N–H and O–H groups in total. The maximum Gasteiger partial charge on any atom is 0.249 e. The fourth-order valence-corrected chi connectivity index (χ4v) is 5.17. The predicted molar refractivity (Wildman–Crippen MR) is 133 cm³/mol. The first-order chi connectivity index (χ1) is 17.2. The molecule has 1 aliphatic carbocycles. The zero-order valence-electron chi connectivity index (χ0n) is 19.7. The molecule has 180 valence electrons. The molecule has 2 aromatic heterocycles. The highest BCUT2D eigenvalue weighted by Gasteiger charge is 2.27. The van der Waals surface area contributed by atoms with Gasteiger partial charge in [-0.1, -0.05) is 6.07 Å². The van der Waals surface area contributed by atoms with Crippen LogP contribution in [0.2, 0.25) is 0 Å². The smallest absolute Gasteiger partial charge is 0.249 e. The first-order valence-electron chi connectivity index (χ1n) is 12.2. The monoisotopic (exact) mass is 471 g/mol. The molecule has 2 fully saturated rings. The molecule has 35 heavy (non-hydrogen) atoms. The van der Waals surface area contributed by atoms with E-state index in [1.807, 2.05) is 24.4 Å². The number of pyridine rings is 2. The number of carbonyl (C=O) groups is 1. The van der Waals surface area contributed by atoms with E-state index in [9.17, 15) is 4.79 Å². The Kier molecular flexibility index (Phi) is 5.93. The standard InChI is InChI=1S/C27H29N5O3/c28-27(33)24-15-25(18-1-2-20(29-16-18)17-31-5-9-34-10-6-31)30-26-22-4-3-21(13-19(22)14-23(24)26)32-7-11-35-12-8-32/h1-4,13,15-16H,5-12,14,17H2,(H2,28,33). The minimum atomic E-state index is -0.428. The number of morpholine rings is 2. The number of nitrogens with zero attached hydrogens (tertiary/aromatic N) is 4. The largest absolute Gasteiger partial charge is 0.379 e. The summed E-state index contributed by atoms with van der Waals surface area (Å²) < 4.78 is 10.9. The highest BCUT2D eigenvalue weighted by Crippen LogP contribution is 2.40. The zero-order valence-corrected chi connectivity index (χ0v) is 19.7. The van der Waals surface area contributed by atoms with Gasteiger partial charge in [0.25, 0.3) is 0 Å². The van der Waals surface area contributed by atoms with Gasteiger partial charge in [0.05, 0.1) is 43.5 Å². The summed E-state index contributed by atoms with van der Waals surface area (Å²) in [5.74, 6) is -0.428. The minimum absolute atomic E-state index is 0.428. The van der Waals surface area contributed by atoms with Gasteiger partial charge in [0.1, 0.15) is 0 Å². The molecule has 0 unspecified atom stereocenters. The van der Waals surface area contributed by atoms with Gasteiger partial charge in [0.15, 0.2) is 0 Å². The summed E-state index contributed by atoms with van der Waals surface area (Å²) in [6.45, 7) is 7.43. The van der Waals surface area contributed by atoms with E-state index in [0.717, 1.165) is 87.2 Å². The van der Waals surface area contributed by atoms with Crippen molar-refractivity contribution in [2.45, 2.75) is 13.0 Å². The molecule has 3 aromatic rings. The van der Waals surface area contributed by atoms with E-state index in [-0.39, 0.29) is 0 Å². The van der Waals surface area contributed by atoms with Crippen molar-refractivity contribution >= 4 is 11.6 Å². The lowest BCUT2D eigenvalue weighted by molar-refractivity contribution is 0.0336. The van der Waals surface area contributed by atoms with Crippen LogP contribution < -0.4 is 10.6 Å². The van der Waals surface area contributed by atoms with Crippen LogP contribution in [0.5, 0.6) is 0 Å². The fraction of sp³-hybridized carbons (Fsp3) is 0.370. The van der Waals surface area contributed by atoms with Crippen LogP contribution in [0.3, 0.4) is 0 Å². The molecule has 0 spiro atoms. The molecule has 0 bridgehead atoms. The Morgan fingerprint density at radius 1 is 0.971 bits per heavy atom. The molecule has 8 heteroatoms. The molecule has 0 saturated carbocycles. The van der Waals surface area contributed by atoms with Crippen LogP contribution in [0.15, 0.2) is 42.6 Å². The highest BCUT2D eigenvalue weighted by molar-refractivity contribution is 5.98. The number of primary amides is 1.